The molecule has 5 heteroatoms. The summed E-state index contributed by atoms with van der Waals surface area (Å²) in [5.74, 6) is -0.0565. The van der Waals surface area contributed by atoms with Crippen molar-refractivity contribution in [1.29, 1.82) is 0 Å². The lowest BCUT2D eigenvalue weighted by Gasteiger charge is -2.21. The van der Waals surface area contributed by atoms with Crippen molar-refractivity contribution in [2.45, 2.75) is 25.7 Å². The standard InChI is InChI=1S/C11H20N2O3/c1-12(10(15)5-4-8-14)9-11(16)13-6-2-3-7-13/h14H,2-9H2,1H3. The summed E-state index contributed by atoms with van der Waals surface area (Å²) in [6, 6.07) is 0. The van der Waals surface area contributed by atoms with Crippen molar-refractivity contribution in [3.05, 3.63) is 0 Å². The van der Waals surface area contributed by atoms with E-state index in [1.807, 2.05) is 0 Å². The highest BCUT2D eigenvalue weighted by Crippen LogP contribution is 2.08. The Morgan fingerprint density at radius 1 is 1.31 bits per heavy atom. The second kappa shape index (κ2) is 6.48. The van der Waals surface area contributed by atoms with Crippen LogP contribution in [0.2, 0.25) is 0 Å². The molecule has 0 unspecified atom stereocenters. The molecule has 0 saturated carbocycles. The number of carbonyl (C=O) groups is 2. The van der Waals surface area contributed by atoms with Crippen LogP contribution in [0.5, 0.6) is 0 Å². The van der Waals surface area contributed by atoms with Gasteiger partial charge in [0.05, 0.1) is 6.54 Å². The van der Waals surface area contributed by atoms with Crippen LogP contribution in [-0.4, -0.2) is 60.0 Å². The Morgan fingerprint density at radius 3 is 2.50 bits per heavy atom. The van der Waals surface area contributed by atoms with E-state index in [1.165, 1.54) is 4.90 Å². The molecule has 92 valence electrons. The number of amides is 2. The Hall–Kier alpha value is -1.10. The monoisotopic (exact) mass is 228 g/mol. The Labute approximate surface area is 96.0 Å². The molecule has 0 atom stereocenters. The molecule has 1 heterocycles. The van der Waals surface area contributed by atoms with Crippen LogP contribution < -0.4 is 0 Å². The minimum Gasteiger partial charge on any atom is -0.396 e. The van der Waals surface area contributed by atoms with Crippen molar-refractivity contribution >= 4 is 11.8 Å². The molecular weight excluding hydrogens is 208 g/mol. The fourth-order valence-electron chi connectivity index (χ4n) is 1.78. The minimum atomic E-state index is -0.0819. The summed E-state index contributed by atoms with van der Waals surface area (Å²) in [5, 5.41) is 8.61. The quantitative estimate of drug-likeness (QED) is 0.711. The molecule has 0 aliphatic carbocycles. The number of nitrogens with zero attached hydrogens (tertiary/aromatic N) is 2. The number of aliphatic hydroxyl groups is 1. The molecule has 1 N–H and O–H groups in total. The molecule has 1 aliphatic rings. The maximum Gasteiger partial charge on any atom is 0.242 e. The molecule has 1 saturated heterocycles. The summed E-state index contributed by atoms with van der Waals surface area (Å²) < 4.78 is 0. The first kappa shape index (κ1) is 13.0. The van der Waals surface area contributed by atoms with Gasteiger partial charge in [0, 0.05) is 33.2 Å². The van der Waals surface area contributed by atoms with Gasteiger partial charge in [-0.05, 0) is 19.3 Å². The normalized spacial score (nSPS) is 15.2. The lowest BCUT2D eigenvalue weighted by molar-refractivity contribution is -0.138. The number of aliphatic hydroxyl groups excluding tert-OH is 1. The van der Waals surface area contributed by atoms with Crippen LogP contribution in [0.4, 0.5) is 0 Å². The summed E-state index contributed by atoms with van der Waals surface area (Å²) >= 11 is 0. The van der Waals surface area contributed by atoms with E-state index in [0.717, 1.165) is 25.9 Å². The third kappa shape index (κ3) is 3.81. The van der Waals surface area contributed by atoms with Gasteiger partial charge in [-0.3, -0.25) is 9.59 Å². The Balaban J connectivity index is 2.29. The molecule has 0 radical (unpaired) electrons. The molecule has 5 nitrogen and oxygen atoms in total. The molecular formula is C11H20N2O3. The molecule has 2 amide bonds. The van der Waals surface area contributed by atoms with E-state index in [9.17, 15) is 9.59 Å². The smallest absolute Gasteiger partial charge is 0.242 e. The second-order valence-corrected chi connectivity index (χ2v) is 4.16. The largest absolute Gasteiger partial charge is 0.396 e. The fourth-order valence-corrected chi connectivity index (χ4v) is 1.78. The van der Waals surface area contributed by atoms with Crippen LogP contribution in [0.25, 0.3) is 0 Å². The number of rotatable bonds is 5. The average molecular weight is 228 g/mol. The van der Waals surface area contributed by atoms with Crippen LogP contribution in [0.15, 0.2) is 0 Å². The minimum absolute atomic E-state index is 0.0135. The predicted octanol–water partition coefficient (Wildman–Crippen LogP) is -0.160. The predicted molar refractivity (Wildman–Crippen MR) is 59.8 cm³/mol. The van der Waals surface area contributed by atoms with Gasteiger partial charge in [-0.1, -0.05) is 0 Å². The third-order valence-electron chi connectivity index (χ3n) is 2.81. The van der Waals surface area contributed by atoms with Crippen LogP contribution >= 0.6 is 0 Å². The number of likely N-dealkylation sites (tertiary alicyclic amines) is 1. The average Bonchev–Trinajstić information content (AvgIpc) is 2.79. The summed E-state index contributed by atoms with van der Waals surface area (Å²) in [7, 11) is 1.63. The van der Waals surface area contributed by atoms with Crippen LogP contribution in [0.1, 0.15) is 25.7 Å². The van der Waals surface area contributed by atoms with Gasteiger partial charge in [0.2, 0.25) is 11.8 Å². The van der Waals surface area contributed by atoms with Gasteiger partial charge in [-0.15, -0.1) is 0 Å². The summed E-state index contributed by atoms with van der Waals surface area (Å²) in [4.78, 5) is 26.5. The van der Waals surface area contributed by atoms with Crippen molar-refractivity contribution in [2.24, 2.45) is 0 Å². The maximum absolute atomic E-state index is 11.7. The van der Waals surface area contributed by atoms with Crippen molar-refractivity contribution in [1.82, 2.24) is 9.80 Å². The van der Waals surface area contributed by atoms with Crippen molar-refractivity contribution in [3.63, 3.8) is 0 Å². The second-order valence-electron chi connectivity index (χ2n) is 4.16. The van der Waals surface area contributed by atoms with E-state index in [2.05, 4.69) is 0 Å². The van der Waals surface area contributed by atoms with E-state index in [1.54, 1.807) is 11.9 Å². The van der Waals surface area contributed by atoms with Gasteiger partial charge < -0.3 is 14.9 Å². The zero-order chi connectivity index (χ0) is 12.0. The van der Waals surface area contributed by atoms with Gasteiger partial charge in [-0.2, -0.15) is 0 Å². The molecule has 0 aromatic rings. The maximum atomic E-state index is 11.7. The summed E-state index contributed by atoms with van der Waals surface area (Å²) in [6.45, 7) is 1.80. The van der Waals surface area contributed by atoms with Gasteiger partial charge in [0.1, 0.15) is 0 Å². The molecule has 0 spiro atoms. The van der Waals surface area contributed by atoms with Crippen LogP contribution in [-0.2, 0) is 9.59 Å². The lowest BCUT2D eigenvalue weighted by atomic mass is 10.3. The molecule has 0 aromatic heterocycles. The van der Waals surface area contributed by atoms with E-state index >= 15 is 0 Å². The van der Waals surface area contributed by atoms with Gasteiger partial charge in [0.15, 0.2) is 0 Å². The molecule has 1 rings (SSSR count). The molecule has 1 aliphatic heterocycles. The molecule has 0 aromatic carbocycles. The number of likely N-dealkylation sites (N-methyl/N-ethyl adjacent to an activating group) is 1. The Morgan fingerprint density at radius 2 is 1.94 bits per heavy atom. The summed E-state index contributed by atoms with van der Waals surface area (Å²) in [5.41, 5.74) is 0. The zero-order valence-corrected chi connectivity index (χ0v) is 9.81. The van der Waals surface area contributed by atoms with Crippen molar-refractivity contribution in [3.8, 4) is 0 Å². The van der Waals surface area contributed by atoms with Gasteiger partial charge >= 0.3 is 0 Å². The number of hydrogen-bond donors (Lipinski definition) is 1. The number of carbonyl (C=O) groups excluding carboxylic acids is 2. The fraction of sp³-hybridized carbons (Fsp3) is 0.818. The van der Waals surface area contributed by atoms with Crippen LogP contribution in [0, 0.1) is 0 Å². The molecule has 0 bridgehead atoms. The highest BCUT2D eigenvalue weighted by Gasteiger charge is 2.20. The van der Waals surface area contributed by atoms with Crippen LogP contribution in [0.3, 0.4) is 0 Å². The van der Waals surface area contributed by atoms with E-state index in [-0.39, 0.29) is 25.0 Å². The molecule has 1 fully saturated rings. The first-order valence-corrected chi connectivity index (χ1v) is 5.77. The first-order chi connectivity index (χ1) is 7.65. The highest BCUT2D eigenvalue weighted by molar-refractivity contribution is 5.84. The van der Waals surface area contributed by atoms with Gasteiger partial charge in [-0.25, -0.2) is 0 Å². The molecule has 16 heavy (non-hydrogen) atoms. The van der Waals surface area contributed by atoms with Crippen molar-refractivity contribution in [2.75, 3.05) is 33.3 Å². The van der Waals surface area contributed by atoms with Gasteiger partial charge in [0.25, 0.3) is 0 Å². The van der Waals surface area contributed by atoms with E-state index in [4.69, 9.17) is 5.11 Å². The van der Waals surface area contributed by atoms with Crippen molar-refractivity contribution < 1.29 is 14.7 Å². The third-order valence-corrected chi connectivity index (χ3v) is 2.81. The zero-order valence-electron chi connectivity index (χ0n) is 9.81. The SMILES string of the molecule is CN(CC(=O)N1CCCC1)C(=O)CCCO. The van der Waals surface area contributed by atoms with E-state index in [0.29, 0.717) is 12.8 Å². The topological polar surface area (TPSA) is 60.9 Å². The lowest BCUT2D eigenvalue weighted by Crippen LogP contribution is -2.39. The Kier molecular flexibility index (Phi) is 5.25. The highest BCUT2D eigenvalue weighted by atomic mass is 16.3. The summed E-state index contributed by atoms with van der Waals surface area (Å²) in [6.07, 6.45) is 2.89. The van der Waals surface area contributed by atoms with E-state index < -0.39 is 0 Å². The number of hydrogen-bond acceptors (Lipinski definition) is 3. The first-order valence-electron chi connectivity index (χ1n) is 5.77. The Bertz CT molecular complexity index is 250.